The summed E-state index contributed by atoms with van der Waals surface area (Å²) in [5.74, 6) is 3.38. The monoisotopic (exact) mass is 2720 g/mol. The number of hydrogen-bond acceptors (Lipinski definition) is 9. The van der Waals surface area contributed by atoms with Crippen molar-refractivity contribution in [2.24, 2.45) is 35.2 Å². The molecular formula is C121H93Cl4N11O4Pt4S+4. The van der Waals surface area contributed by atoms with Gasteiger partial charge in [0.15, 0.2) is 18.6 Å². The zero-order valence-corrected chi connectivity index (χ0v) is 92.2. The molecular weight excluding hydrogens is 2630 g/mol. The molecule has 11 aromatic heterocycles. The third-order valence-corrected chi connectivity index (χ3v) is 25.0. The van der Waals surface area contributed by atoms with E-state index in [4.69, 9.17) is 23.6 Å². The van der Waals surface area contributed by atoms with Gasteiger partial charge in [0, 0.05) is 67.6 Å². The molecule has 0 saturated carbocycles. The van der Waals surface area contributed by atoms with Crippen LogP contribution >= 0.6 is 49.0 Å². The first-order valence-electron chi connectivity index (χ1n) is 45.7. The second-order valence-corrected chi connectivity index (χ2v) is 34.2. The molecule has 726 valence electrons. The van der Waals surface area contributed by atoms with Gasteiger partial charge in [-0.25, -0.2) is 24.5 Å². The predicted molar refractivity (Wildman–Crippen MR) is 571 cm³/mol. The number of aromatic nitrogens is 10. The summed E-state index contributed by atoms with van der Waals surface area (Å²) in [4.78, 5) is 17.6. The van der Waals surface area contributed by atoms with Crippen LogP contribution < -0.4 is 38.0 Å². The maximum atomic E-state index is 5.87. The number of benzene rings is 11. The Morgan fingerprint density at radius 2 is 0.786 bits per heavy atom. The minimum atomic E-state index is 0.284. The fourth-order valence-corrected chi connectivity index (χ4v) is 17.9. The molecule has 15 nitrogen and oxygen atoms in total. The Kier molecular flexibility index (Phi) is 36.8. The Morgan fingerprint density at radius 1 is 0.366 bits per heavy atom. The zero-order valence-electron chi connectivity index (χ0n) is 79.3. The van der Waals surface area contributed by atoms with Crippen LogP contribution in [0.3, 0.4) is 0 Å². The number of thiophene rings is 1. The van der Waals surface area contributed by atoms with E-state index in [0.29, 0.717) is 28.5 Å². The van der Waals surface area contributed by atoms with E-state index in [1.165, 1.54) is 100 Å². The number of hydrogen-bond donors (Lipinski definition) is 0. The van der Waals surface area contributed by atoms with Crippen molar-refractivity contribution in [2.75, 3.05) is 0 Å². The summed E-state index contributed by atoms with van der Waals surface area (Å²) in [6.07, 6.45) is 22.2. The molecule has 12 heterocycles. The standard InChI is InChI=1S/C38H28N4.C29H24N2OS.C27H21N3O.C27H20N2O2.4ClH.4Pt/c1-40-23-22-29(28-18-16-27(17-19-28)26-10-4-3-5-11-26)24-36(40)30-20-21-32-31-12-6-8-14-34(31)42(37(32)25-30)38-39-33-13-7-9-15-35(33)41(38)2;1-20-15-24(22-9-5-4-6-10-22)16-21(2)29(20)23-12-14-31(3)26(17-23)25-18-28(33-19-25)32-27-11-7-8-13-30-27;1-29-17-14-24(23-12-10-22(11-13-23)21-7-3-2-4-8-21)19-27(29)30-18-15-25(20-30)31-26-9-5-6-16-28-26;1-29-16-14-23(22-12-10-21(11-13-22)20-7-3-2-4-8-20)17-25(29)24-18-27(30-19-24)31-26-9-5-6-15-28-26;;;;;;;;/h3-24H,1-2H3;4-17,19H,1-3H3;2-19H,1H3;2-17,19H,1H3;4*1H;;;;/q;;;;;;;;4*+2/p-4. The van der Waals surface area contributed by atoms with Crippen LogP contribution in [0.15, 0.2) is 448 Å². The van der Waals surface area contributed by atoms with Gasteiger partial charge in [0.05, 0.1) is 36.2 Å². The van der Waals surface area contributed by atoms with E-state index in [0.717, 1.165) is 89.4 Å². The molecule has 0 unspecified atom stereocenters. The molecule has 22 aromatic rings. The van der Waals surface area contributed by atoms with Crippen molar-refractivity contribution in [1.29, 1.82) is 0 Å². The molecule has 0 aliphatic carbocycles. The van der Waals surface area contributed by atoms with E-state index in [1.807, 2.05) is 108 Å². The molecule has 1 aliphatic heterocycles. The topological polar surface area (TPSA) is 122 Å². The molecule has 24 heteroatoms. The van der Waals surface area contributed by atoms with Crippen LogP contribution in [0.25, 0.3) is 162 Å². The van der Waals surface area contributed by atoms with Gasteiger partial charge in [-0.2, -0.15) is 11.3 Å². The van der Waals surface area contributed by atoms with Gasteiger partial charge in [-0.05, 0) is 204 Å². The van der Waals surface area contributed by atoms with Crippen molar-refractivity contribution in [2.45, 2.75) is 13.8 Å². The van der Waals surface area contributed by atoms with E-state index in [2.05, 4.69) is 456 Å². The van der Waals surface area contributed by atoms with Crippen molar-refractivity contribution < 1.29 is 107 Å². The number of aryl methyl sites for hydroxylation is 7. The van der Waals surface area contributed by atoms with Crippen LogP contribution in [0.5, 0.6) is 28.6 Å². The van der Waals surface area contributed by atoms with Crippen LogP contribution in [0.2, 0.25) is 0 Å². The van der Waals surface area contributed by atoms with Gasteiger partial charge < -0.3 is 27.8 Å². The van der Waals surface area contributed by atoms with E-state index in [-0.39, 0.29) is 5.95 Å². The first-order valence-corrected chi connectivity index (χ1v) is 57.8. The maximum absolute atomic E-state index is 5.87. The van der Waals surface area contributed by atoms with Gasteiger partial charge in [-0.1, -0.05) is 283 Å². The number of halogens is 4. The summed E-state index contributed by atoms with van der Waals surface area (Å²) in [6.45, 7) is 4.38. The van der Waals surface area contributed by atoms with Gasteiger partial charge in [-0.15, -0.1) is 35.2 Å². The fourth-order valence-electron chi connectivity index (χ4n) is 17.2. The Labute approximate surface area is 909 Å². The average molecular weight is 2720 g/mol. The minimum absolute atomic E-state index is 0.284. The number of allylic oxidation sites excluding steroid dienone is 1. The molecule has 0 amide bonds. The molecule has 0 saturated heterocycles. The fraction of sp³-hybridized carbons (Fsp3) is 0.0579. The van der Waals surface area contributed by atoms with Gasteiger partial charge in [0.1, 0.15) is 43.3 Å². The summed E-state index contributed by atoms with van der Waals surface area (Å²) >= 11 is 7.97. The second kappa shape index (κ2) is 51.2. The second-order valence-electron chi connectivity index (χ2n) is 33.3. The SMILES string of the molecule is C[n+]1ccc(-c2ccc(-c3ccccc3)cc2)cc1-c1[c-]c(Oc2ccccn2)oc1.Cc1cc(-c2ccccc2)cc(C)c1-c1cc[n+](C)c(-c2[c-]c(Oc3ccccn3)sc2)c1.Cn1c(-n2c3[c-]c(-c4cc(-c5ccc(-c6ccccc6)cc5)cc[n+]4C)ccc3c3ccccc32)nc2ccccc21.Cn1ccc(-c2ccc(-c3ccccc3)cc2)cc1=[N+]1[C-]=C(Oc2ccccn2)C=C1.[Cl][Pt+].[Cl][Pt+].[Cl][Pt+].[Cl][Pt+]. The number of fused-ring (bicyclic) bond motifs is 4. The summed E-state index contributed by atoms with van der Waals surface area (Å²) in [6, 6.07) is 138. The first-order chi connectivity index (χ1) is 71.3. The van der Waals surface area contributed by atoms with Crippen molar-refractivity contribution in [3.8, 4) is 157 Å². The normalized spacial score (nSPS) is 11.4. The third kappa shape index (κ3) is 25.5. The molecule has 0 N–H and O–H groups in total. The van der Waals surface area contributed by atoms with Crippen molar-refractivity contribution in [3.63, 3.8) is 0 Å². The summed E-state index contributed by atoms with van der Waals surface area (Å²) in [7, 11) is 28.7. The number of nitrogens with zero attached hydrogens (tertiary/aromatic N) is 11. The van der Waals surface area contributed by atoms with Crippen LogP contribution in [0.1, 0.15) is 11.1 Å². The van der Waals surface area contributed by atoms with E-state index >= 15 is 0 Å². The number of ether oxygens (including phenoxy) is 3. The molecule has 0 atom stereocenters. The molecule has 0 fully saturated rings. The average Bonchev–Trinajstić information content (AvgIpc) is 1.57. The molecule has 11 aromatic carbocycles. The summed E-state index contributed by atoms with van der Waals surface area (Å²) in [5.41, 5.74) is 32.9. The molecule has 0 bridgehead atoms. The Balaban J connectivity index is 0.000000136. The van der Waals surface area contributed by atoms with Crippen LogP contribution in [0.4, 0.5) is 0 Å². The molecule has 1 aliphatic rings. The molecule has 0 radical (unpaired) electrons. The predicted octanol–water partition coefficient (Wildman–Crippen LogP) is 29.1. The van der Waals surface area contributed by atoms with Crippen LogP contribution in [-0.4, -0.2) is 33.6 Å². The number of rotatable bonds is 18. The first kappa shape index (κ1) is 104. The molecule has 145 heavy (non-hydrogen) atoms. The van der Waals surface area contributed by atoms with Crippen molar-refractivity contribution in [1.82, 2.24) is 38.2 Å². The number of pyridine rings is 7. The Hall–Kier alpha value is -13.7. The number of imidazole rings is 1. The van der Waals surface area contributed by atoms with Crippen molar-refractivity contribution in [3.05, 3.63) is 484 Å². The zero-order chi connectivity index (χ0) is 101. The van der Waals surface area contributed by atoms with E-state index in [1.54, 1.807) is 106 Å². The third-order valence-electron chi connectivity index (χ3n) is 24.3. The molecule has 0 spiro atoms. The van der Waals surface area contributed by atoms with Gasteiger partial charge in [0.25, 0.3) is 0 Å². The quantitative estimate of drug-likeness (QED) is 0.0615. The number of para-hydroxylation sites is 3. The van der Waals surface area contributed by atoms with E-state index < -0.39 is 0 Å². The number of furan rings is 1. The van der Waals surface area contributed by atoms with Crippen LogP contribution in [-0.2, 0) is 110 Å². The Morgan fingerprint density at radius 3 is 1.29 bits per heavy atom. The molecule has 23 rings (SSSR count). The Bertz CT molecular complexity index is 8240. The summed E-state index contributed by atoms with van der Waals surface area (Å²) in [5, 5.41) is 5.14. The van der Waals surface area contributed by atoms with Crippen LogP contribution in [0, 0.1) is 38.2 Å². The summed E-state index contributed by atoms with van der Waals surface area (Å²) < 4.78 is 37.6. The van der Waals surface area contributed by atoms with E-state index in [9.17, 15) is 0 Å². The van der Waals surface area contributed by atoms with Crippen molar-refractivity contribution >= 4 is 81.8 Å². The van der Waals surface area contributed by atoms with Gasteiger partial charge >= 0.3 is 113 Å². The van der Waals surface area contributed by atoms with Gasteiger partial charge in [-0.3, -0.25) is 18.3 Å². The van der Waals surface area contributed by atoms with Gasteiger partial charge in [0.2, 0.25) is 35.0 Å².